The molecule has 0 amide bonds. The Balaban J connectivity index is 1.74. The highest BCUT2D eigenvalue weighted by Gasteiger charge is 2.37. The first-order valence-corrected chi connectivity index (χ1v) is 12.2. The second kappa shape index (κ2) is 8.45. The van der Waals surface area contributed by atoms with Gasteiger partial charge in [-0.3, -0.25) is 9.36 Å². The average molecular weight is 444 g/mol. The number of rotatable bonds is 4. The van der Waals surface area contributed by atoms with Gasteiger partial charge in [-0.1, -0.05) is 51.5 Å². The highest BCUT2D eigenvalue weighted by Crippen LogP contribution is 2.39. The zero-order valence-electron chi connectivity index (χ0n) is 19.8. The summed E-state index contributed by atoms with van der Waals surface area (Å²) in [5.41, 5.74) is 7.08. The van der Waals surface area contributed by atoms with Gasteiger partial charge in [0.05, 0.1) is 11.0 Å². The minimum absolute atomic E-state index is 0.0499. The number of hydrogen-bond acceptors (Lipinski definition) is 3. The van der Waals surface area contributed by atoms with Crippen molar-refractivity contribution in [1.29, 1.82) is 0 Å². The van der Waals surface area contributed by atoms with Crippen molar-refractivity contribution in [3.05, 3.63) is 59.0 Å². The van der Waals surface area contributed by atoms with E-state index in [2.05, 4.69) is 45.0 Å². The summed E-state index contributed by atoms with van der Waals surface area (Å²) in [6, 6.07) is 16.6. The Morgan fingerprint density at radius 1 is 1.00 bits per heavy atom. The van der Waals surface area contributed by atoms with E-state index in [4.69, 9.17) is 5.73 Å². The third-order valence-electron chi connectivity index (χ3n) is 7.66. The molecule has 5 rings (SSSR count). The number of benzene rings is 3. The first kappa shape index (κ1) is 21.9. The molecular formula is C28H33N3O2. The molecule has 0 spiro atoms. The number of imidazole rings is 1. The molecule has 0 aliphatic heterocycles. The summed E-state index contributed by atoms with van der Waals surface area (Å²) >= 11 is 0. The summed E-state index contributed by atoms with van der Waals surface area (Å²) in [4.78, 5) is 27.6. The van der Waals surface area contributed by atoms with Gasteiger partial charge in [-0.2, -0.15) is 0 Å². The van der Waals surface area contributed by atoms with E-state index in [-0.39, 0.29) is 17.5 Å². The summed E-state index contributed by atoms with van der Waals surface area (Å²) in [5, 5.41) is 4.39. The molecule has 1 fully saturated rings. The molecule has 5 nitrogen and oxygen atoms in total. The number of aromatic nitrogens is 2. The first-order chi connectivity index (χ1) is 15.9. The van der Waals surface area contributed by atoms with E-state index in [1.54, 1.807) is 4.57 Å². The summed E-state index contributed by atoms with van der Waals surface area (Å²) in [6.07, 6.45) is 3.03. The van der Waals surface area contributed by atoms with E-state index in [0.717, 1.165) is 46.3 Å². The Hall–Kier alpha value is -2.92. The zero-order chi connectivity index (χ0) is 23.3. The smallest absolute Gasteiger partial charge is 0.329 e. The van der Waals surface area contributed by atoms with Crippen molar-refractivity contribution in [2.45, 2.75) is 46.6 Å². The van der Waals surface area contributed by atoms with Gasteiger partial charge in [0.15, 0.2) is 0 Å². The second-order valence-electron chi connectivity index (χ2n) is 10.2. The van der Waals surface area contributed by atoms with Crippen LogP contribution >= 0.6 is 0 Å². The summed E-state index contributed by atoms with van der Waals surface area (Å²) in [7, 11) is 0. The summed E-state index contributed by atoms with van der Waals surface area (Å²) < 4.78 is 3.14. The lowest BCUT2D eigenvalue weighted by atomic mass is 9.69. The SMILES string of the molecule is CC(C)[C@@H]1CC[C@@H](C)C[C@H]1C(=O)n1c(=O)n(CCN)c2cc3cc4ccccc4cc3cc21. The van der Waals surface area contributed by atoms with E-state index < -0.39 is 0 Å². The first-order valence-electron chi connectivity index (χ1n) is 12.2. The van der Waals surface area contributed by atoms with Gasteiger partial charge >= 0.3 is 5.69 Å². The third-order valence-corrected chi connectivity index (χ3v) is 7.66. The molecule has 0 unspecified atom stereocenters. The van der Waals surface area contributed by atoms with Gasteiger partial charge in [-0.25, -0.2) is 9.36 Å². The highest BCUT2D eigenvalue weighted by molar-refractivity contribution is 6.05. The van der Waals surface area contributed by atoms with Crippen LogP contribution in [0.2, 0.25) is 0 Å². The Labute approximate surface area is 194 Å². The Bertz CT molecular complexity index is 1410. The molecule has 1 aromatic heterocycles. The molecule has 0 radical (unpaired) electrons. The van der Waals surface area contributed by atoms with Crippen LogP contribution in [0, 0.1) is 23.7 Å². The van der Waals surface area contributed by atoms with Gasteiger partial charge in [0.25, 0.3) is 0 Å². The Morgan fingerprint density at radius 3 is 2.24 bits per heavy atom. The monoisotopic (exact) mass is 443 g/mol. The summed E-state index contributed by atoms with van der Waals surface area (Å²) in [5.74, 6) is 1.03. The second-order valence-corrected chi connectivity index (χ2v) is 10.2. The molecule has 1 heterocycles. The molecule has 0 saturated heterocycles. The van der Waals surface area contributed by atoms with E-state index in [9.17, 15) is 9.59 Å². The fraction of sp³-hybridized carbons (Fsp3) is 0.429. The van der Waals surface area contributed by atoms with Gasteiger partial charge in [0, 0.05) is 19.0 Å². The molecule has 3 atom stereocenters. The number of nitrogens with two attached hydrogens (primary N) is 1. The number of fused-ring (bicyclic) bond motifs is 3. The Kier molecular flexibility index (Phi) is 5.61. The van der Waals surface area contributed by atoms with Crippen molar-refractivity contribution >= 4 is 38.5 Å². The zero-order valence-corrected chi connectivity index (χ0v) is 19.8. The fourth-order valence-corrected chi connectivity index (χ4v) is 5.90. The van der Waals surface area contributed by atoms with Crippen molar-refractivity contribution < 1.29 is 4.79 Å². The number of hydrogen-bond donors (Lipinski definition) is 1. The number of nitrogens with zero attached hydrogens (tertiary/aromatic N) is 2. The van der Waals surface area contributed by atoms with Gasteiger partial charge in [0.2, 0.25) is 5.91 Å². The topological polar surface area (TPSA) is 70.0 Å². The predicted octanol–water partition coefficient (Wildman–Crippen LogP) is 5.42. The van der Waals surface area contributed by atoms with Gasteiger partial charge in [-0.15, -0.1) is 0 Å². The molecule has 2 N–H and O–H groups in total. The number of carbonyl (C=O) groups is 1. The van der Waals surface area contributed by atoms with Crippen molar-refractivity contribution in [2.24, 2.45) is 29.4 Å². The van der Waals surface area contributed by atoms with Crippen LogP contribution in [-0.4, -0.2) is 21.6 Å². The molecule has 0 bridgehead atoms. The normalized spacial score (nSPS) is 21.4. The van der Waals surface area contributed by atoms with Crippen LogP contribution in [0.25, 0.3) is 32.6 Å². The van der Waals surface area contributed by atoms with Crippen LogP contribution in [0.3, 0.4) is 0 Å². The molecule has 172 valence electrons. The molecule has 1 aliphatic rings. The fourth-order valence-electron chi connectivity index (χ4n) is 5.90. The van der Waals surface area contributed by atoms with Crippen LogP contribution in [0.4, 0.5) is 0 Å². The molecule has 3 aromatic carbocycles. The van der Waals surface area contributed by atoms with Crippen LogP contribution in [-0.2, 0) is 6.54 Å². The molecular weight excluding hydrogens is 410 g/mol. The highest BCUT2D eigenvalue weighted by atomic mass is 16.2. The minimum Gasteiger partial charge on any atom is -0.329 e. The number of carbonyl (C=O) groups excluding carboxylic acids is 1. The van der Waals surface area contributed by atoms with E-state index in [0.29, 0.717) is 36.4 Å². The molecule has 33 heavy (non-hydrogen) atoms. The molecule has 1 aliphatic carbocycles. The van der Waals surface area contributed by atoms with Crippen molar-refractivity contribution in [1.82, 2.24) is 9.13 Å². The maximum Gasteiger partial charge on any atom is 0.336 e. The molecule has 5 heteroatoms. The van der Waals surface area contributed by atoms with Crippen LogP contribution in [0.5, 0.6) is 0 Å². The molecule has 4 aromatic rings. The van der Waals surface area contributed by atoms with Gasteiger partial charge < -0.3 is 5.73 Å². The van der Waals surface area contributed by atoms with E-state index >= 15 is 0 Å². The third kappa shape index (κ3) is 3.68. The summed E-state index contributed by atoms with van der Waals surface area (Å²) in [6.45, 7) is 7.34. The quantitative estimate of drug-likeness (QED) is 0.428. The molecule has 1 saturated carbocycles. The Morgan fingerprint density at radius 2 is 1.64 bits per heavy atom. The lowest BCUT2D eigenvalue weighted by molar-refractivity contribution is 0.0633. The van der Waals surface area contributed by atoms with Crippen LogP contribution in [0.15, 0.2) is 53.3 Å². The predicted molar refractivity (Wildman–Crippen MR) is 136 cm³/mol. The standard InChI is InChI=1S/C28H33N3O2/c1-17(2)23-9-8-18(3)12-24(23)27(32)31-26-16-22-14-20-7-5-4-6-19(20)13-21(22)15-25(26)30(11-10-29)28(31)33/h4-7,13-18,23-24H,8-12,29H2,1-3H3/t18-,23+,24-/m1/s1. The van der Waals surface area contributed by atoms with Crippen molar-refractivity contribution in [2.75, 3.05) is 6.54 Å². The van der Waals surface area contributed by atoms with E-state index in [1.165, 1.54) is 4.57 Å². The van der Waals surface area contributed by atoms with Crippen LogP contribution in [0.1, 0.15) is 44.8 Å². The maximum atomic E-state index is 14.0. The van der Waals surface area contributed by atoms with Crippen molar-refractivity contribution in [3.63, 3.8) is 0 Å². The lowest BCUT2D eigenvalue weighted by Gasteiger charge is -2.36. The average Bonchev–Trinajstić information content (AvgIpc) is 3.06. The van der Waals surface area contributed by atoms with Crippen LogP contribution < -0.4 is 11.4 Å². The lowest BCUT2D eigenvalue weighted by Crippen LogP contribution is -2.40. The largest absolute Gasteiger partial charge is 0.336 e. The van der Waals surface area contributed by atoms with E-state index in [1.807, 2.05) is 24.3 Å². The van der Waals surface area contributed by atoms with Gasteiger partial charge in [0.1, 0.15) is 0 Å². The van der Waals surface area contributed by atoms with Gasteiger partial charge in [-0.05, 0) is 76.4 Å². The minimum atomic E-state index is -0.263. The maximum absolute atomic E-state index is 14.0. The van der Waals surface area contributed by atoms with Crippen molar-refractivity contribution in [3.8, 4) is 0 Å².